The molecule has 0 saturated heterocycles. The SMILES string of the molecule is Cc1sccc1C(=O)Nc1ccccc1C(C)CC(C)I. The van der Waals surface area contributed by atoms with Crippen molar-refractivity contribution in [3.05, 3.63) is 51.7 Å². The number of carbonyl (C=O) groups excluding carboxylic acids is 1. The second-order valence-corrected chi connectivity index (χ2v) is 8.60. The molecule has 0 bridgehead atoms. The number of benzene rings is 1. The van der Waals surface area contributed by atoms with Crippen molar-refractivity contribution in [1.82, 2.24) is 0 Å². The van der Waals surface area contributed by atoms with Gasteiger partial charge in [0.15, 0.2) is 0 Å². The summed E-state index contributed by atoms with van der Waals surface area (Å²) < 4.78 is 0.612. The van der Waals surface area contributed by atoms with Gasteiger partial charge in [0.25, 0.3) is 5.91 Å². The zero-order valence-corrected chi connectivity index (χ0v) is 15.5. The molecule has 1 amide bonds. The molecule has 0 aliphatic heterocycles. The summed E-state index contributed by atoms with van der Waals surface area (Å²) in [7, 11) is 0. The minimum absolute atomic E-state index is 0.0177. The molecule has 1 heterocycles. The number of carbonyl (C=O) groups is 1. The van der Waals surface area contributed by atoms with Crippen LogP contribution in [0.2, 0.25) is 0 Å². The smallest absolute Gasteiger partial charge is 0.256 e. The van der Waals surface area contributed by atoms with Crippen molar-refractivity contribution in [3.8, 4) is 0 Å². The van der Waals surface area contributed by atoms with E-state index in [1.807, 2.05) is 36.6 Å². The molecule has 2 atom stereocenters. The highest BCUT2D eigenvalue weighted by molar-refractivity contribution is 14.1. The highest BCUT2D eigenvalue weighted by Crippen LogP contribution is 2.30. The number of hydrogen-bond donors (Lipinski definition) is 1. The molecule has 0 aliphatic rings. The fourth-order valence-electron chi connectivity index (χ4n) is 2.46. The number of alkyl halides is 1. The molecule has 2 aromatic rings. The van der Waals surface area contributed by atoms with Crippen molar-refractivity contribution in [2.45, 2.75) is 37.0 Å². The molecule has 1 N–H and O–H groups in total. The standard InChI is InChI=1S/C17H20INOS/c1-11(10-12(2)18)14-6-4-5-7-16(14)19-17(20)15-8-9-21-13(15)3/h4-9,11-12H,10H2,1-3H3,(H,19,20). The summed E-state index contributed by atoms with van der Waals surface area (Å²) in [4.78, 5) is 13.4. The van der Waals surface area contributed by atoms with Crippen molar-refractivity contribution in [1.29, 1.82) is 0 Å². The minimum Gasteiger partial charge on any atom is -0.322 e. The van der Waals surface area contributed by atoms with Gasteiger partial charge in [-0.1, -0.05) is 54.6 Å². The molecular formula is C17H20INOS. The molecule has 0 fully saturated rings. The van der Waals surface area contributed by atoms with Crippen LogP contribution in [0.5, 0.6) is 0 Å². The molecule has 0 saturated carbocycles. The average Bonchev–Trinajstić information content (AvgIpc) is 2.84. The summed E-state index contributed by atoms with van der Waals surface area (Å²) in [6, 6.07) is 9.99. The first-order chi connectivity index (χ1) is 9.99. The second-order valence-electron chi connectivity index (χ2n) is 5.35. The Kier molecular flexibility index (Phi) is 5.81. The lowest BCUT2D eigenvalue weighted by Crippen LogP contribution is -2.14. The fourth-order valence-corrected chi connectivity index (χ4v) is 3.92. The van der Waals surface area contributed by atoms with Gasteiger partial charge in [0.05, 0.1) is 5.56 Å². The number of para-hydroxylation sites is 1. The first-order valence-electron chi connectivity index (χ1n) is 7.07. The Morgan fingerprint density at radius 3 is 2.62 bits per heavy atom. The predicted octanol–water partition coefficient (Wildman–Crippen LogP) is 5.63. The third-order valence-electron chi connectivity index (χ3n) is 3.52. The number of hydrogen-bond acceptors (Lipinski definition) is 2. The van der Waals surface area contributed by atoms with Gasteiger partial charge in [-0.3, -0.25) is 4.79 Å². The number of anilines is 1. The van der Waals surface area contributed by atoms with Crippen LogP contribution in [0.25, 0.3) is 0 Å². The van der Waals surface area contributed by atoms with E-state index in [4.69, 9.17) is 0 Å². The van der Waals surface area contributed by atoms with Crippen LogP contribution in [-0.4, -0.2) is 9.83 Å². The van der Waals surface area contributed by atoms with Crippen LogP contribution in [0.4, 0.5) is 5.69 Å². The summed E-state index contributed by atoms with van der Waals surface area (Å²) >= 11 is 4.05. The molecule has 2 rings (SSSR count). The van der Waals surface area contributed by atoms with E-state index < -0.39 is 0 Å². The zero-order valence-electron chi connectivity index (χ0n) is 12.5. The van der Waals surface area contributed by atoms with E-state index in [9.17, 15) is 4.79 Å². The Labute approximate surface area is 144 Å². The summed E-state index contributed by atoms with van der Waals surface area (Å²) in [5, 5.41) is 5.03. The molecule has 2 unspecified atom stereocenters. The van der Waals surface area contributed by atoms with Crippen LogP contribution in [0.3, 0.4) is 0 Å². The Morgan fingerprint density at radius 1 is 1.29 bits per heavy atom. The van der Waals surface area contributed by atoms with E-state index in [-0.39, 0.29) is 5.91 Å². The minimum atomic E-state index is -0.0177. The number of aryl methyl sites for hydroxylation is 1. The van der Waals surface area contributed by atoms with Crippen molar-refractivity contribution >= 4 is 45.5 Å². The quantitative estimate of drug-likeness (QED) is 0.500. The topological polar surface area (TPSA) is 29.1 Å². The molecule has 1 aromatic carbocycles. The van der Waals surface area contributed by atoms with E-state index in [1.54, 1.807) is 11.3 Å². The van der Waals surface area contributed by atoms with Crippen molar-refractivity contribution in [2.24, 2.45) is 0 Å². The van der Waals surface area contributed by atoms with Crippen LogP contribution in [0, 0.1) is 6.92 Å². The number of rotatable bonds is 5. The van der Waals surface area contributed by atoms with Gasteiger partial charge in [0, 0.05) is 14.5 Å². The van der Waals surface area contributed by atoms with Gasteiger partial charge in [-0.2, -0.15) is 0 Å². The van der Waals surface area contributed by atoms with Crippen LogP contribution in [0.15, 0.2) is 35.7 Å². The molecule has 1 aromatic heterocycles. The third kappa shape index (κ3) is 4.30. The predicted molar refractivity (Wildman–Crippen MR) is 100.0 cm³/mol. The summed E-state index contributed by atoms with van der Waals surface area (Å²) in [5.74, 6) is 0.410. The highest BCUT2D eigenvalue weighted by Gasteiger charge is 2.16. The number of amides is 1. The highest BCUT2D eigenvalue weighted by atomic mass is 127. The van der Waals surface area contributed by atoms with Crippen LogP contribution < -0.4 is 5.32 Å². The summed E-state index contributed by atoms with van der Waals surface area (Å²) in [6.45, 7) is 6.41. The molecule has 0 radical (unpaired) electrons. The lowest BCUT2D eigenvalue weighted by molar-refractivity contribution is 0.102. The molecule has 112 valence electrons. The van der Waals surface area contributed by atoms with Crippen LogP contribution in [0.1, 0.15) is 47.0 Å². The van der Waals surface area contributed by atoms with Gasteiger partial charge in [0.2, 0.25) is 0 Å². The summed E-state index contributed by atoms with van der Waals surface area (Å²) in [5.41, 5.74) is 2.91. The second kappa shape index (κ2) is 7.40. The van der Waals surface area contributed by atoms with Crippen molar-refractivity contribution < 1.29 is 4.79 Å². The Bertz CT molecular complexity index is 621. The number of halogens is 1. The number of nitrogens with one attached hydrogen (secondary N) is 1. The third-order valence-corrected chi connectivity index (χ3v) is 4.88. The maximum absolute atomic E-state index is 12.4. The first kappa shape index (κ1) is 16.5. The van der Waals surface area contributed by atoms with E-state index in [2.05, 4.69) is 47.8 Å². The monoisotopic (exact) mass is 413 g/mol. The van der Waals surface area contributed by atoms with E-state index >= 15 is 0 Å². The van der Waals surface area contributed by atoms with Gasteiger partial charge in [-0.25, -0.2) is 0 Å². The van der Waals surface area contributed by atoms with E-state index in [0.29, 0.717) is 9.84 Å². The number of thiophene rings is 1. The van der Waals surface area contributed by atoms with E-state index in [1.165, 1.54) is 5.56 Å². The molecule has 4 heteroatoms. The van der Waals surface area contributed by atoms with E-state index in [0.717, 1.165) is 22.5 Å². The van der Waals surface area contributed by atoms with Gasteiger partial charge in [0.1, 0.15) is 0 Å². The first-order valence-corrected chi connectivity index (χ1v) is 9.20. The lowest BCUT2D eigenvalue weighted by Gasteiger charge is -2.18. The molecule has 21 heavy (non-hydrogen) atoms. The van der Waals surface area contributed by atoms with Crippen LogP contribution >= 0.6 is 33.9 Å². The normalized spacial score (nSPS) is 13.7. The Balaban J connectivity index is 2.21. The Hall–Kier alpha value is -0.880. The van der Waals surface area contributed by atoms with Crippen LogP contribution in [-0.2, 0) is 0 Å². The molecule has 0 spiro atoms. The molecule has 0 aliphatic carbocycles. The van der Waals surface area contributed by atoms with Crippen molar-refractivity contribution in [3.63, 3.8) is 0 Å². The van der Waals surface area contributed by atoms with Crippen molar-refractivity contribution in [2.75, 3.05) is 5.32 Å². The largest absolute Gasteiger partial charge is 0.322 e. The Morgan fingerprint density at radius 2 is 2.00 bits per heavy atom. The zero-order chi connectivity index (χ0) is 15.4. The lowest BCUT2D eigenvalue weighted by atomic mass is 9.95. The maximum atomic E-state index is 12.4. The average molecular weight is 413 g/mol. The maximum Gasteiger partial charge on any atom is 0.256 e. The summed E-state index contributed by atoms with van der Waals surface area (Å²) in [6.07, 6.45) is 1.10. The molecule has 2 nitrogen and oxygen atoms in total. The van der Waals surface area contributed by atoms with Gasteiger partial charge in [-0.15, -0.1) is 11.3 Å². The van der Waals surface area contributed by atoms with Gasteiger partial charge >= 0.3 is 0 Å². The van der Waals surface area contributed by atoms with Gasteiger partial charge in [-0.05, 0) is 42.3 Å². The fraction of sp³-hybridized carbons (Fsp3) is 0.353. The molecular weight excluding hydrogens is 393 g/mol. The van der Waals surface area contributed by atoms with Gasteiger partial charge < -0.3 is 5.32 Å².